The smallest absolute Gasteiger partial charge is 0.314 e. The van der Waals surface area contributed by atoms with Gasteiger partial charge in [-0.1, -0.05) is 6.92 Å². The number of nitrogen functional groups attached to an aromatic ring is 1. The van der Waals surface area contributed by atoms with Crippen molar-refractivity contribution in [1.82, 2.24) is 25.1 Å². The molecule has 0 aromatic carbocycles. The Bertz CT molecular complexity index is 1100. The molecular weight excluding hydrogens is 386 g/mol. The molecule has 4 N–H and O–H groups in total. The average Bonchev–Trinajstić information content (AvgIpc) is 3.26. The first-order valence-electron chi connectivity index (χ1n) is 9.67. The molecule has 1 fully saturated rings. The van der Waals surface area contributed by atoms with E-state index in [1.807, 2.05) is 6.07 Å². The molecule has 1 aliphatic rings. The number of carbonyl (C=O) groups excluding carboxylic acids is 2. The van der Waals surface area contributed by atoms with Gasteiger partial charge in [-0.2, -0.15) is 5.10 Å². The molecule has 0 spiro atoms. The third-order valence-electron chi connectivity index (χ3n) is 5.39. The van der Waals surface area contributed by atoms with E-state index in [9.17, 15) is 9.59 Å². The maximum absolute atomic E-state index is 13.1. The summed E-state index contributed by atoms with van der Waals surface area (Å²) in [6, 6.07) is 3.42. The molecule has 0 unspecified atom stereocenters. The summed E-state index contributed by atoms with van der Waals surface area (Å²) in [5, 5.41) is 9.94. The van der Waals surface area contributed by atoms with Crippen molar-refractivity contribution in [3.63, 3.8) is 0 Å². The lowest BCUT2D eigenvalue weighted by molar-refractivity contribution is -0.146. The highest BCUT2D eigenvalue weighted by Crippen LogP contribution is 2.34. The molecule has 1 saturated heterocycles. The summed E-state index contributed by atoms with van der Waals surface area (Å²) >= 11 is 0. The highest BCUT2D eigenvalue weighted by molar-refractivity contribution is 6.40. The second-order valence-electron chi connectivity index (χ2n) is 7.46. The van der Waals surface area contributed by atoms with E-state index >= 15 is 0 Å². The molecule has 0 saturated carbocycles. The summed E-state index contributed by atoms with van der Waals surface area (Å²) in [4.78, 5) is 35.8. The lowest BCUT2D eigenvalue weighted by Crippen LogP contribution is -2.46. The monoisotopic (exact) mass is 409 g/mol. The van der Waals surface area contributed by atoms with Crippen molar-refractivity contribution in [2.24, 2.45) is 5.92 Å². The number of hydrogen-bond acceptors (Lipinski definition) is 7. The van der Waals surface area contributed by atoms with E-state index in [1.54, 1.807) is 24.3 Å². The lowest BCUT2D eigenvalue weighted by Gasteiger charge is -2.38. The van der Waals surface area contributed by atoms with Gasteiger partial charge in [0.1, 0.15) is 5.82 Å². The first kappa shape index (κ1) is 19.6. The third-order valence-corrected chi connectivity index (χ3v) is 5.39. The molecule has 156 valence electrons. The Morgan fingerprint density at radius 3 is 2.93 bits per heavy atom. The van der Waals surface area contributed by atoms with Crippen molar-refractivity contribution >= 4 is 34.2 Å². The van der Waals surface area contributed by atoms with Crippen LogP contribution in [0.1, 0.15) is 31.4 Å². The van der Waals surface area contributed by atoms with Gasteiger partial charge >= 0.3 is 11.8 Å². The number of fused-ring (bicyclic) bond motifs is 1. The molecule has 30 heavy (non-hydrogen) atoms. The number of likely N-dealkylation sites (tertiary alicyclic amines) is 1. The van der Waals surface area contributed by atoms with Crippen LogP contribution in [-0.2, 0) is 9.59 Å². The largest absolute Gasteiger partial charge is 0.481 e. The Kier molecular flexibility index (Phi) is 5.21. The highest BCUT2D eigenvalue weighted by Gasteiger charge is 2.34. The molecule has 4 heterocycles. The van der Waals surface area contributed by atoms with Crippen LogP contribution in [0.25, 0.3) is 10.9 Å². The summed E-state index contributed by atoms with van der Waals surface area (Å²) in [6.07, 6.45) is 6.28. The summed E-state index contributed by atoms with van der Waals surface area (Å²) in [6.45, 7) is 2.56. The van der Waals surface area contributed by atoms with Crippen molar-refractivity contribution in [2.45, 2.75) is 25.8 Å². The summed E-state index contributed by atoms with van der Waals surface area (Å²) in [5.41, 5.74) is 7.58. The molecule has 0 radical (unpaired) electrons. The van der Waals surface area contributed by atoms with E-state index < -0.39 is 11.8 Å². The molecule has 2 atom stereocenters. The minimum atomic E-state index is -0.738. The van der Waals surface area contributed by atoms with Crippen LogP contribution in [0, 0.1) is 5.92 Å². The number of piperidine rings is 1. The Morgan fingerprint density at radius 1 is 1.30 bits per heavy atom. The zero-order valence-corrected chi connectivity index (χ0v) is 16.8. The Hall–Kier alpha value is -3.69. The summed E-state index contributed by atoms with van der Waals surface area (Å²) in [7, 11) is 1.54. The van der Waals surface area contributed by atoms with E-state index in [0.717, 1.165) is 18.4 Å². The lowest BCUT2D eigenvalue weighted by atomic mass is 9.90. The Balaban J connectivity index is 1.59. The maximum atomic E-state index is 13.1. The van der Waals surface area contributed by atoms with Gasteiger partial charge in [0.2, 0.25) is 5.88 Å². The number of hydrogen-bond donors (Lipinski definition) is 3. The number of aromatic amines is 1. The third kappa shape index (κ3) is 3.63. The Morgan fingerprint density at radius 2 is 2.13 bits per heavy atom. The van der Waals surface area contributed by atoms with Gasteiger partial charge in [-0.15, -0.1) is 0 Å². The molecule has 10 nitrogen and oxygen atoms in total. The van der Waals surface area contributed by atoms with Crippen molar-refractivity contribution in [3.8, 4) is 5.88 Å². The molecule has 1 aliphatic heterocycles. The van der Waals surface area contributed by atoms with E-state index in [4.69, 9.17) is 10.5 Å². The SMILES string of the molecule is COc1cc([C@H]2CC[C@H](C)CN2C(=O)C(=O)Nc2cnc(N)c3cn[nH]c23)ccn1. The molecule has 3 aromatic rings. The van der Waals surface area contributed by atoms with E-state index in [-0.39, 0.29) is 6.04 Å². The van der Waals surface area contributed by atoms with Gasteiger partial charge in [0.25, 0.3) is 0 Å². The Labute approximate surface area is 172 Å². The van der Waals surface area contributed by atoms with Gasteiger partial charge in [0.15, 0.2) is 0 Å². The van der Waals surface area contributed by atoms with Gasteiger partial charge < -0.3 is 20.7 Å². The first-order chi connectivity index (χ1) is 14.5. The van der Waals surface area contributed by atoms with Gasteiger partial charge in [-0.25, -0.2) is 9.97 Å². The van der Waals surface area contributed by atoms with Crippen LogP contribution in [0.15, 0.2) is 30.7 Å². The quantitative estimate of drug-likeness (QED) is 0.561. The number of nitrogens with zero attached hydrogens (tertiary/aromatic N) is 4. The fraction of sp³-hybridized carbons (Fsp3) is 0.350. The number of H-pyrrole nitrogens is 1. The number of pyridine rings is 2. The van der Waals surface area contributed by atoms with E-state index in [1.165, 1.54) is 12.4 Å². The van der Waals surface area contributed by atoms with Crippen LogP contribution in [-0.4, -0.2) is 50.5 Å². The van der Waals surface area contributed by atoms with Crippen molar-refractivity contribution in [3.05, 3.63) is 36.3 Å². The van der Waals surface area contributed by atoms with E-state index in [2.05, 4.69) is 32.4 Å². The number of amides is 2. The number of rotatable bonds is 3. The summed E-state index contributed by atoms with van der Waals surface area (Å²) < 4.78 is 5.21. The fourth-order valence-corrected chi connectivity index (χ4v) is 3.82. The number of nitrogens with one attached hydrogen (secondary N) is 2. The minimum absolute atomic E-state index is 0.229. The number of methoxy groups -OCH3 is 1. The predicted octanol–water partition coefficient (Wildman–Crippen LogP) is 1.88. The average molecular weight is 409 g/mol. The molecule has 3 aromatic heterocycles. The minimum Gasteiger partial charge on any atom is -0.481 e. The number of carbonyl (C=O) groups is 2. The predicted molar refractivity (Wildman–Crippen MR) is 111 cm³/mol. The topological polar surface area (TPSA) is 139 Å². The number of aromatic nitrogens is 4. The summed E-state index contributed by atoms with van der Waals surface area (Å²) in [5.74, 6) is -0.291. The first-order valence-corrected chi connectivity index (χ1v) is 9.67. The number of anilines is 2. The highest BCUT2D eigenvalue weighted by atomic mass is 16.5. The molecule has 10 heteroatoms. The van der Waals surface area contributed by atoms with Crippen molar-refractivity contribution < 1.29 is 14.3 Å². The number of nitrogens with two attached hydrogens (primary N) is 1. The van der Waals surface area contributed by atoms with Crippen molar-refractivity contribution in [1.29, 1.82) is 0 Å². The second-order valence-corrected chi connectivity index (χ2v) is 7.46. The fourth-order valence-electron chi connectivity index (χ4n) is 3.82. The maximum Gasteiger partial charge on any atom is 0.314 e. The van der Waals surface area contributed by atoms with Crippen LogP contribution in [0.3, 0.4) is 0 Å². The molecule has 0 bridgehead atoms. The molecular formula is C20H23N7O3. The van der Waals surface area contributed by atoms with Crippen LogP contribution in [0.2, 0.25) is 0 Å². The van der Waals surface area contributed by atoms with Gasteiger partial charge in [0.05, 0.1) is 42.1 Å². The molecule has 2 amide bonds. The van der Waals surface area contributed by atoms with Gasteiger partial charge in [-0.3, -0.25) is 14.7 Å². The van der Waals surface area contributed by atoms with Crippen LogP contribution in [0.5, 0.6) is 5.88 Å². The van der Waals surface area contributed by atoms with Crippen LogP contribution >= 0.6 is 0 Å². The molecule has 0 aliphatic carbocycles. The zero-order valence-electron chi connectivity index (χ0n) is 16.8. The number of ether oxygens (including phenoxy) is 1. The van der Waals surface area contributed by atoms with Crippen LogP contribution in [0.4, 0.5) is 11.5 Å². The normalized spacial score (nSPS) is 18.9. The van der Waals surface area contributed by atoms with Crippen LogP contribution < -0.4 is 15.8 Å². The standard InChI is InChI=1S/C20H23N7O3/c1-11-3-4-15(12-5-6-22-16(7-12)30-2)27(10-11)20(29)19(28)25-14-9-23-18(21)13-8-24-26-17(13)14/h5-9,11,15H,3-4,10H2,1-2H3,(H2,21,23)(H,24,26)(H,25,28)/t11-,15+/m0/s1. The molecule has 4 rings (SSSR count). The van der Waals surface area contributed by atoms with Gasteiger partial charge in [-0.05, 0) is 30.4 Å². The van der Waals surface area contributed by atoms with Crippen molar-refractivity contribution in [2.75, 3.05) is 24.7 Å². The van der Waals surface area contributed by atoms with Gasteiger partial charge in [0, 0.05) is 18.8 Å². The zero-order chi connectivity index (χ0) is 21.3. The second kappa shape index (κ2) is 7.97. The van der Waals surface area contributed by atoms with E-state index in [0.29, 0.717) is 40.8 Å².